The zero-order valence-electron chi connectivity index (χ0n) is 15.0. The van der Waals surface area contributed by atoms with Crippen molar-refractivity contribution in [2.45, 2.75) is 5.21 Å². The third-order valence-electron chi connectivity index (χ3n) is 4.92. The van der Waals surface area contributed by atoms with Crippen LogP contribution in [0.4, 0.5) is 0 Å². The molecule has 0 nitrogen and oxygen atoms in total. The minimum absolute atomic E-state index is 1.07. The zero-order chi connectivity index (χ0) is 18.5. The van der Waals surface area contributed by atoms with Crippen LogP contribution in [0.1, 0.15) is 5.56 Å². The summed E-state index contributed by atoms with van der Waals surface area (Å²) in [5, 5.41) is 1.07. The van der Waals surface area contributed by atoms with Crippen LogP contribution in [-0.4, -0.2) is 13.6 Å². The van der Waals surface area contributed by atoms with Gasteiger partial charge in [-0.1, -0.05) is 0 Å². The van der Waals surface area contributed by atoms with Gasteiger partial charge in [0, 0.05) is 0 Å². The number of benzene rings is 4. The average molecular weight is 476 g/mol. The van der Waals surface area contributed by atoms with Crippen LogP contribution in [0, 0.1) is 0 Å². The van der Waals surface area contributed by atoms with E-state index < -0.39 is 13.6 Å². The zero-order valence-corrected chi connectivity index (χ0v) is 18.5. The van der Waals surface area contributed by atoms with Gasteiger partial charge in [0.15, 0.2) is 0 Å². The van der Waals surface area contributed by atoms with E-state index in [1.807, 2.05) is 0 Å². The molecular formula is C25H21AsBr. The Kier molecular flexibility index (Phi) is 5.62. The number of hydrogen-bond acceptors (Lipinski definition) is 0. The third kappa shape index (κ3) is 3.81. The molecule has 2 heteroatoms. The van der Waals surface area contributed by atoms with Gasteiger partial charge in [-0.3, -0.25) is 0 Å². The Labute approximate surface area is 172 Å². The fourth-order valence-corrected chi connectivity index (χ4v) is 12.8. The molecule has 0 heterocycles. The molecule has 0 N–H and O–H groups in total. The van der Waals surface area contributed by atoms with Crippen LogP contribution in [0.3, 0.4) is 0 Å². The summed E-state index contributed by atoms with van der Waals surface area (Å²) in [6, 6.07) is 42.2. The third-order valence-corrected chi connectivity index (χ3v) is 14.6. The fraction of sp³-hybridized carbons (Fsp3) is 0.0400. The summed E-state index contributed by atoms with van der Waals surface area (Å²) in [7, 11) is 0. The summed E-state index contributed by atoms with van der Waals surface area (Å²) in [6.45, 7) is 0. The molecule has 0 saturated heterocycles. The van der Waals surface area contributed by atoms with Gasteiger partial charge in [-0.2, -0.15) is 0 Å². The van der Waals surface area contributed by atoms with Gasteiger partial charge in [0.05, 0.1) is 0 Å². The van der Waals surface area contributed by atoms with Crippen molar-refractivity contribution in [2.24, 2.45) is 0 Å². The Bertz CT molecular complexity index is 884. The SMILES string of the molecule is Brc1ccc(C[As](c2ccccc2)(c2ccccc2)c2ccccc2)cc1. The molecule has 0 aliphatic heterocycles. The summed E-state index contributed by atoms with van der Waals surface area (Å²) in [5.74, 6) is 0. The van der Waals surface area contributed by atoms with Gasteiger partial charge in [-0.05, 0) is 0 Å². The van der Waals surface area contributed by atoms with E-state index in [9.17, 15) is 0 Å². The monoisotopic (exact) mass is 475 g/mol. The molecule has 0 saturated carbocycles. The first-order valence-electron chi connectivity index (χ1n) is 9.08. The Morgan fingerprint density at radius 2 is 0.852 bits per heavy atom. The topological polar surface area (TPSA) is 0 Å². The molecule has 0 atom stereocenters. The number of halogens is 1. The van der Waals surface area contributed by atoms with E-state index in [1.54, 1.807) is 0 Å². The first-order chi connectivity index (χ1) is 13.3. The van der Waals surface area contributed by atoms with E-state index in [0.29, 0.717) is 0 Å². The molecule has 0 bridgehead atoms. The molecule has 0 amide bonds. The Morgan fingerprint density at radius 3 is 1.22 bits per heavy atom. The Hall–Kier alpha value is -2.08. The second-order valence-electron chi connectivity index (χ2n) is 6.60. The van der Waals surface area contributed by atoms with Crippen LogP contribution >= 0.6 is 15.9 Å². The summed E-state index contributed by atoms with van der Waals surface area (Å²) < 4.78 is 5.57. The van der Waals surface area contributed by atoms with Gasteiger partial charge >= 0.3 is 173 Å². The van der Waals surface area contributed by atoms with Crippen LogP contribution in [0.5, 0.6) is 0 Å². The van der Waals surface area contributed by atoms with Gasteiger partial charge in [-0.15, -0.1) is 0 Å². The summed E-state index contributed by atoms with van der Waals surface area (Å²) in [6.07, 6.45) is 0. The van der Waals surface area contributed by atoms with Crippen LogP contribution < -0.4 is 13.1 Å². The summed E-state index contributed by atoms with van der Waals surface area (Å²) in [5.41, 5.74) is 1.39. The maximum absolute atomic E-state index is 3.57. The molecule has 27 heavy (non-hydrogen) atoms. The van der Waals surface area contributed by atoms with Gasteiger partial charge < -0.3 is 0 Å². The van der Waals surface area contributed by atoms with Crippen molar-refractivity contribution in [3.05, 3.63) is 125 Å². The second-order valence-corrected chi connectivity index (χ2v) is 14.8. The van der Waals surface area contributed by atoms with Crippen molar-refractivity contribution in [1.82, 2.24) is 0 Å². The summed E-state index contributed by atoms with van der Waals surface area (Å²) >= 11 is 0.911. The number of rotatable bonds is 5. The van der Waals surface area contributed by atoms with Crippen molar-refractivity contribution >= 4 is 42.5 Å². The molecule has 4 aromatic rings. The van der Waals surface area contributed by atoms with Gasteiger partial charge in [0.2, 0.25) is 0 Å². The van der Waals surface area contributed by atoms with E-state index in [2.05, 4.69) is 131 Å². The predicted octanol–water partition coefficient (Wildman–Crippen LogP) is 4.70. The normalized spacial score (nSPS) is 11.3. The molecule has 0 unspecified atom stereocenters. The Morgan fingerprint density at radius 1 is 0.481 bits per heavy atom. The predicted molar refractivity (Wildman–Crippen MR) is 122 cm³/mol. The van der Waals surface area contributed by atoms with Crippen molar-refractivity contribution in [3.63, 3.8) is 0 Å². The Balaban J connectivity index is 1.98. The first-order valence-corrected chi connectivity index (χ1v) is 14.0. The molecule has 0 aliphatic rings. The van der Waals surface area contributed by atoms with E-state index in [4.69, 9.17) is 0 Å². The molecular weight excluding hydrogens is 455 g/mol. The van der Waals surface area contributed by atoms with Crippen LogP contribution in [-0.2, 0) is 5.21 Å². The molecule has 0 spiro atoms. The van der Waals surface area contributed by atoms with E-state index >= 15 is 0 Å². The molecule has 0 aliphatic carbocycles. The molecule has 4 aromatic carbocycles. The van der Waals surface area contributed by atoms with Crippen molar-refractivity contribution in [1.29, 1.82) is 0 Å². The van der Waals surface area contributed by atoms with Gasteiger partial charge in [0.25, 0.3) is 0 Å². The first kappa shape index (κ1) is 18.3. The van der Waals surface area contributed by atoms with Gasteiger partial charge in [0.1, 0.15) is 0 Å². The number of hydrogen-bond donors (Lipinski definition) is 0. The molecule has 133 valence electrons. The summed E-state index contributed by atoms with van der Waals surface area (Å²) in [4.78, 5) is 0. The second kappa shape index (κ2) is 8.29. The van der Waals surface area contributed by atoms with E-state index in [1.165, 1.54) is 18.6 Å². The average Bonchev–Trinajstić information content (AvgIpc) is 2.75. The van der Waals surface area contributed by atoms with Crippen LogP contribution in [0.2, 0.25) is 0 Å². The standard InChI is InChI=1S/C25H21AsBr/c27-25-18-16-21(17-19-25)20-26(22-10-4-1-5-11-22,23-12-6-2-7-13-23)24-14-8-3-9-15-24/h1-19H,20H2. The van der Waals surface area contributed by atoms with Crippen LogP contribution in [0.15, 0.2) is 120 Å². The van der Waals surface area contributed by atoms with E-state index in [0.717, 1.165) is 9.68 Å². The minimum atomic E-state index is -2.66. The molecule has 1 radical (unpaired) electrons. The molecule has 0 fully saturated rings. The van der Waals surface area contributed by atoms with Crippen molar-refractivity contribution in [2.75, 3.05) is 0 Å². The van der Waals surface area contributed by atoms with Crippen molar-refractivity contribution in [3.8, 4) is 0 Å². The van der Waals surface area contributed by atoms with Gasteiger partial charge in [-0.25, -0.2) is 0 Å². The fourth-order valence-electron chi connectivity index (χ4n) is 3.63. The van der Waals surface area contributed by atoms with Crippen LogP contribution in [0.25, 0.3) is 0 Å². The molecule has 0 aromatic heterocycles. The van der Waals surface area contributed by atoms with Crippen molar-refractivity contribution < 1.29 is 0 Å². The molecule has 4 rings (SSSR count). The van der Waals surface area contributed by atoms with E-state index in [-0.39, 0.29) is 0 Å². The quantitative estimate of drug-likeness (QED) is 0.367. The maximum atomic E-state index is 3.57.